The van der Waals surface area contributed by atoms with Gasteiger partial charge in [-0.3, -0.25) is 0 Å². The Hall–Kier alpha value is -1.80. The highest BCUT2D eigenvalue weighted by Gasteiger charge is 2.18. The normalized spacial score (nSPS) is 12.3. The molecule has 106 valence electrons. The van der Waals surface area contributed by atoms with Crippen LogP contribution in [0.4, 0.5) is 0 Å². The Labute approximate surface area is 121 Å². The average molecular weight is 270 g/mol. The summed E-state index contributed by atoms with van der Waals surface area (Å²) in [5.74, 6) is 0.774. The van der Waals surface area contributed by atoms with Crippen LogP contribution in [-0.2, 0) is 0 Å². The molecule has 0 heterocycles. The molecule has 0 saturated carbocycles. The van der Waals surface area contributed by atoms with E-state index in [4.69, 9.17) is 4.74 Å². The van der Waals surface area contributed by atoms with Gasteiger partial charge in [-0.2, -0.15) is 0 Å². The molecule has 0 saturated heterocycles. The topological polar surface area (TPSA) is 29.5 Å². The van der Waals surface area contributed by atoms with Crippen molar-refractivity contribution in [3.8, 4) is 5.75 Å². The van der Waals surface area contributed by atoms with Gasteiger partial charge in [0.1, 0.15) is 11.9 Å². The summed E-state index contributed by atoms with van der Waals surface area (Å²) < 4.78 is 5.49. The van der Waals surface area contributed by atoms with Crippen LogP contribution in [0, 0.1) is 27.7 Å². The zero-order valence-corrected chi connectivity index (χ0v) is 12.8. The van der Waals surface area contributed by atoms with Crippen LogP contribution in [0.15, 0.2) is 30.3 Å². The molecular weight excluding hydrogens is 248 g/mol. The highest BCUT2D eigenvalue weighted by Crippen LogP contribution is 2.34. The van der Waals surface area contributed by atoms with Crippen molar-refractivity contribution >= 4 is 0 Å². The largest absolute Gasteiger partial charge is 0.496 e. The van der Waals surface area contributed by atoms with E-state index < -0.39 is 6.10 Å². The molecule has 2 aromatic rings. The Morgan fingerprint density at radius 2 is 1.55 bits per heavy atom. The van der Waals surface area contributed by atoms with Gasteiger partial charge in [-0.05, 0) is 55.5 Å². The van der Waals surface area contributed by atoms with Crippen molar-refractivity contribution < 1.29 is 9.84 Å². The van der Waals surface area contributed by atoms with E-state index in [0.717, 1.165) is 28.0 Å². The molecule has 1 atom stereocenters. The number of hydrogen-bond acceptors (Lipinski definition) is 2. The van der Waals surface area contributed by atoms with Crippen molar-refractivity contribution in [3.05, 3.63) is 63.7 Å². The minimum Gasteiger partial charge on any atom is -0.496 e. The monoisotopic (exact) mass is 270 g/mol. The van der Waals surface area contributed by atoms with Gasteiger partial charge >= 0.3 is 0 Å². The zero-order valence-electron chi connectivity index (χ0n) is 12.8. The minimum atomic E-state index is -0.663. The summed E-state index contributed by atoms with van der Waals surface area (Å²) in [5, 5.41) is 10.7. The zero-order chi connectivity index (χ0) is 14.9. The number of aryl methyl sites for hydroxylation is 3. The van der Waals surface area contributed by atoms with E-state index in [1.54, 1.807) is 7.11 Å². The molecule has 0 aliphatic rings. The first-order chi connectivity index (χ1) is 9.45. The Morgan fingerprint density at radius 1 is 0.900 bits per heavy atom. The van der Waals surface area contributed by atoms with E-state index in [9.17, 15) is 5.11 Å². The molecule has 0 aromatic heterocycles. The van der Waals surface area contributed by atoms with Gasteiger partial charge in [0.05, 0.1) is 7.11 Å². The summed E-state index contributed by atoms with van der Waals surface area (Å²) in [6, 6.07) is 10.0. The molecule has 0 amide bonds. The first kappa shape index (κ1) is 14.6. The SMILES string of the molecule is COc1c(C(O)c2ccc(C)c(C)c2)ccc(C)c1C. The number of aliphatic hydroxyl groups is 1. The van der Waals surface area contributed by atoms with Crippen LogP contribution in [0.1, 0.15) is 39.5 Å². The summed E-state index contributed by atoms with van der Waals surface area (Å²) >= 11 is 0. The van der Waals surface area contributed by atoms with Crippen molar-refractivity contribution in [2.24, 2.45) is 0 Å². The third-order valence-corrected chi connectivity index (χ3v) is 4.05. The van der Waals surface area contributed by atoms with Crippen molar-refractivity contribution in [2.45, 2.75) is 33.8 Å². The van der Waals surface area contributed by atoms with E-state index in [0.29, 0.717) is 0 Å². The summed E-state index contributed by atoms with van der Waals surface area (Å²) in [7, 11) is 1.65. The molecule has 2 rings (SSSR count). The van der Waals surface area contributed by atoms with Crippen molar-refractivity contribution in [3.63, 3.8) is 0 Å². The highest BCUT2D eigenvalue weighted by molar-refractivity contribution is 5.49. The molecule has 0 spiro atoms. The van der Waals surface area contributed by atoms with Gasteiger partial charge in [0.15, 0.2) is 0 Å². The van der Waals surface area contributed by atoms with Gasteiger partial charge in [0, 0.05) is 5.56 Å². The number of methoxy groups -OCH3 is 1. The Balaban J connectivity index is 2.50. The van der Waals surface area contributed by atoms with Crippen molar-refractivity contribution in [1.82, 2.24) is 0 Å². The Morgan fingerprint density at radius 3 is 2.15 bits per heavy atom. The van der Waals surface area contributed by atoms with E-state index in [-0.39, 0.29) is 0 Å². The third-order valence-electron chi connectivity index (χ3n) is 4.05. The Bertz CT molecular complexity index is 630. The lowest BCUT2D eigenvalue weighted by molar-refractivity contribution is 0.214. The maximum atomic E-state index is 10.7. The van der Waals surface area contributed by atoms with E-state index in [1.165, 1.54) is 11.1 Å². The first-order valence-corrected chi connectivity index (χ1v) is 6.85. The molecule has 2 nitrogen and oxygen atoms in total. The van der Waals surface area contributed by atoms with Crippen molar-refractivity contribution in [1.29, 1.82) is 0 Å². The van der Waals surface area contributed by atoms with Gasteiger partial charge in [-0.15, -0.1) is 0 Å². The standard InChI is InChI=1S/C18H22O2/c1-11-6-8-15(10-13(11)3)17(19)16-9-7-12(2)14(4)18(16)20-5/h6-10,17,19H,1-5H3. The van der Waals surface area contributed by atoms with Crippen LogP contribution < -0.4 is 4.74 Å². The molecule has 20 heavy (non-hydrogen) atoms. The van der Waals surface area contributed by atoms with E-state index >= 15 is 0 Å². The molecule has 0 aliphatic carbocycles. The minimum absolute atomic E-state index is 0.663. The first-order valence-electron chi connectivity index (χ1n) is 6.85. The third kappa shape index (κ3) is 2.56. The molecule has 0 fully saturated rings. The average Bonchev–Trinajstić information content (AvgIpc) is 2.44. The predicted molar refractivity (Wildman–Crippen MR) is 82.4 cm³/mol. The smallest absolute Gasteiger partial charge is 0.128 e. The quantitative estimate of drug-likeness (QED) is 0.913. The van der Waals surface area contributed by atoms with Crippen LogP contribution in [0.2, 0.25) is 0 Å². The molecule has 1 N–H and O–H groups in total. The van der Waals surface area contributed by atoms with Crippen LogP contribution >= 0.6 is 0 Å². The van der Waals surface area contributed by atoms with Crippen LogP contribution in [0.25, 0.3) is 0 Å². The van der Waals surface area contributed by atoms with E-state index in [2.05, 4.69) is 13.8 Å². The predicted octanol–water partition coefficient (Wildman–Crippen LogP) is 4.01. The maximum absolute atomic E-state index is 10.7. The number of ether oxygens (including phenoxy) is 1. The van der Waals surface area contributed by atoms with Crippen LogP contribution in [0.3, 0.4) is 0 Å². The lowest BCUT2D eigenvalue weighted by atomic mass is 9.94. The van der Waals surface area contributed by atoms with Crippen molar-refractivity contribution in [2.75, 3.05) is 7.11 Å². The molecule has 0 aliphatic heterocycles. The lowest BCUT2D eigenvalue weighted by Crippen LogP contribution is -2.05. The fraction of sp³-hybridized carbons (Fsp3) is 0.333. The fourth-order valence-corrected chi connectivity index (χ4v) is 2.41. The second kappa shape index (κ2) is 5.68. The summed E-state index contributed by atoms with van der Waals surface area (Å²) in [5.41, 5.74) is 6.37. The van der Waals surface area contributed by atoms with Crippen LogP contribution in [0.5, 0.6) is 5.75 Å². The molecule has 1 unspecified atom stereocenters. The van der Waals surface area contributed by atoms with E-state index in [1.807, 2.05) is 44.2 Å². The Kier molecular flexibility index (Phi) is 4.15. The van der Waals surface area contributed by atoms with Crippen LogP contribution in [-0.4, -0.2) is 12.2 Å². The summed E-state index contributed by atoms with van der Waals surface area (Å²) in [6.07, 6.45) is -0.663. The summed E-state index contributed by atoms with van der Waals surface area (Å²) in [4.78, 5) is 0. The summed E-state index contributed by atoms with van der Waals surface area (Å²) in [6.45, 7) is 8.19. The maximum Gasteiger partial charge on any atom is 0.128 e. The van der Waals surface area contributed by atoms with Gasteiger partial charge in [0.2, 0.25) is 0 Å². The molecule has 2 aromatic carbocycles. The van der Waals surface area contributed by atoms with Gasteiger partial charge < -0.3 is 9.84 Å². The molecule has 0 radical (unpaired) electrons. The van der Waals surface area contributed by atoms with Gasteiger partial charge in [-0.25, -0.2) is 0 Å². The van der Waals surface area contributed by atoms with Gasteiger partial charge in [0.25, 0.3) is 0 Å². The molecular formula is C18H22O2. The number of rotatable bonds is 3. The number of aliphatic hydroxyl groups excluding tert-OH is 1. The second-order valence-electron chi connectivity index (χ2n) is 5.38. The highest BCUT2D eigenvalue weighted by atomic mass is 16.5. The van der Waals surface area contributed by atoms with Gasteiger partial charge in [-0.1, -0.05) is 30.3 Å². The molecule has 2 heteroatoms. The molecule has 0 bridgehead atoms. The fourth-order valence-electron chi connectivity index (χ4n) is 2.41. The number of hydrogen-bond donors (Lipinski definition) is 1. The second-order valence-corrected chi connectivity index (χ2v) is 5.38. The number of benzene rings is 2. The lowest BCUT2D eigenvalue weighted by Gasteiger charge is -2.19.